The van der Waals surface area contributed by atoms with E-state index in [1.165, 1.54) is 23.0 Å². The molecule has 0 aliphatic rings. The Hall–Kier alpha value is -2.37. The van der Waals surface area contributed by atoms with Crippen LogP contribution in [-0.2, 0) is 7.05 Å². The maximum atomic E-state index is 12.8. The SMILES string of the molecule is Cn1ncc(-c2ccc(F)cc2)c1NC(=O)O. The van der Waals surface area contributed by atoms with E-state index in [2.05, 4.69) is 10.4 Å². The van der Waals surface area contributed by atoms with Crippen molar-refractivity contribution in [2.45, 2.75) is 0 Å². The minimum Gasteiger partial charge on any atom is -0.465 e. The van der Waals surface area contributed by atoms with Gasteiger partial charge in [-0.1, -0.05) is 12.1 Å². The number of aryl methyl sites for hydroxylation is 1. The minimum atomic E-state index is -1.17. The van der Waals surface area contributed by atoms with Gasteiger partial charge in [-0.15, -0.1) is 0 Å². The number of hydrogen-bond donors (Lipinski definition) is 2. The zero-order valence-electron chi connectivity index (χ0n) is 9.01. The van der Waals surface area contributed by atoms with Gasteiger partial charge in [-0.2, -0.15) is 5.10 Å². The molecule has 0 saturated heterocycles. The van der Waals surface area contributed by atoms with Gasteiger partial charge in [0.1, 0.15) is 11.6 Å². The third-order valence-electron chi connectivity index (χ3n) is 2.32. The van der Waals surface area contributed by atoms with Crippen LogP contribution in [0.3, 0.4) is 0 Å². The molecule has 2 N–H and O–H groups in total. The lowest BCUT2D eigenvalue weighted by molar-refractivity contribution is 0.209. The Kier molecular flexibility index (Phi) is 2.78. The van der Waals surface area contributed by atoms with E-state index in [1.807, 2.05) is 0 Å². The highest BCUT2D eigenvalue weighted by Gasteiger charge is 2.12. The van der Waals surface area contributed by atoms with E-state index in [1.54, 1.807) is 19.2 Å². The average Bonchev–Trinajstić information content (AvgIpc) is 2.61. The molecule has 0 bridgehead atoms. The van der Waals surface area contributed by atoms with E-state index in [0.717, 1.165) is 0 Å². The van der Waals surface area contributed by atoms with Crippen molar-refractivity contribution < 1.29 is 14.3 Å². The molecule has 5 nitrogen and oxygen atoms in total. The first kappa shape index (κ1) is 11.1. The smallest absolute Gasteiger partial charge is 0.410 e. The van der Waals surface area contributed by atoms with Crippen LogP contribution in [0.1, 0.15) is 0 Å². The fourth-order valence-electron chi connectivity index (χ4n) is 1.53. The summed E-state index contributed by atoms with van der Waals surface area (Å²) in [6.45, 7) is 0. The Bertz CT molecular complexity index is 548. The van der Waals surface area contributed by atoms with Gasteiger partial charge in [0, 0.05) is 12.6 Å². The van der Waals surface area contributed by atoms with Gasteiger partial charge in [-0.25, -0.2) is 9.18 Å². The summed E-state index contributed by atoms with van der Waals surface area (Å²) in [7, 11) is 1.62. The highest BCUT2D eigenvalue weighted by atomic mass is 19.1. The number of rotatable bonds is 2. The number of carbonyl (C=O) groups is 1. The molecule has 0 saturated carbocycles. The minimum absolute atomic E-state index is 0.342. The molecule has 0 aliphatic carbocycles. The molecular formula is C11H10FN3O2. The Labute approximate surface area is 96.5 Å². The maximum Gasteiger partial charge on any atom is 0.410 e. The monoisotopic (exact) mass is 235 g/mol. The number of nitrogens with zero attached hydrogens (tertiary/aromatic N) is 2. The summed E-state index contributed by atoms with van der Waals surface area (Å²) in [5.74, 6) is 0.00879. The van der Waals surface area contributed by atoms with Gasteiger partial charge in [-0.3, -0.25) is 10.00 Å². The lowest BCUT2D eigenvalue weighted by atomic mass is 10.1. The van der Waals surface area contributed by atoms with Crippen LogP contribution < -0.4 is 5.32 Å². The first-order valence-electron chi connectivity index (χ1n) is 4.86. The first-order chi connectivity index (χ1) is 8.08. The quantitative estimate of drug-likeness (QED) is 0.839. The van der Waals surface area contributed by atoms with Gasteiger partial charge in [0.2, 0.25) is 0 Å². The van der Waals surface area contributed by atoms with Crippen molar-refractivity contribution in [3.05, 3.63) is 36.3 Å². The lowest BCUT2D eigenvalue weighted by Crippen LogP contribution is -2.11. The molecule has 1 aromatic carbocycles. The molecular weight excluding hydrogens is 225 g/mol. The molecule has 1 aromatic heterocycles. The van der Waals surface area contributed by atoms with Crippen molar-refractivity contribution in [1.29, 1.82) is 0 Å². The number of carboxylic acid groups (broad SMARTS) is 1. The van der Waals surface area contributed by atoms with Crippen LogP contribution >= 0.6 is 0 Å². The van der Waals surface area contributed by atoms with Gasteiger partial charge in [0.15, 0.2) is 0 Å². The Morgan fingerprint density at radius 2 is 2.06 bits per heavy atom. The van der Waals surface area contributed by atoms with Crippen LogP contribution in [0.25, 0.3) is 11.1 Å². The van der Waals surface area contributed by atoms with Crippen LogP contribution in [0.2, 0.25) is 0 Å². The normalized spacial score (nSPS) is 10.2. The summed E-state index contributed by atoms with van der Waals surface area (Å²) < 4.78 is 14.2. The summed E-state index contributed by atoms with van der Waals surface area (Å²) >= 11 is 0. The Balaban J connectivity index is 2.45. The fraction of sp³-hybridized carbons (Fsp3) is 0.0909. The molecule has 0 fully saturated rings. The zero-order chi connectivity index (χ0) is 12.4. The first-order valence-corrected chi connectivity index (χ1v) is 4.86. The van der Waals surface area contributed by atoms with Crippen molar-refractivity contribution in [1.82, 2.24) is 9.78 Å². The summed E-state index contributed by atoms with van der Waals surface area (Å²) in [6, 6.07) is 5.76. The molecule has 0 unspecified atom stereocenters. The van der Waals surface area contributed by atoms with Crippen LogP contribution in [-0.4, -0.2) is 21.0 Å². The summed E-state index contributed by atoms with van der Waals surface area (Å²) in [4.78, 5) is 10.6. The standard InChI is InChI=1S/C11H10FN3O2/c1-15-10(14-11(16)17)9(6-13-15)7-2-4-8(12)5-3-7/h2-6,14H,1H3,(H,16,17). The second-order valence-electron chi connectivity index (χ2n) is 3.47. The molecule has 1 heterocycles. The fourth-order valence-corrected chi connectivity index (χ4v) is 1.53. The predicted octanol–water partition coefficient (Wildman–Crippen LogP) is 2.32. The van der Waals surface area contributed by atoms with Crippen LogP contribution in [0.5, 0.6) is 0 Å². The molecule has 88 valence electrons. The van der Waals surface area contributed by atoms with Gasteiger partial charge in [-0.05, 0) is 17.7 Å². The van der Waals surface area contributed by atoms with E-state index in [0.29, 0.717) is 16.9 Å². The van der Waals surface area contributed by atoms with E-state index in [9.17, 15) is 9.18 Å². The van der Waals surface area contributed by atoms with Gasteiger partial charge in [0.25, 0.3) is 0 Å². The van der Waals surface area contributed by atoms with E-state index in [4.69, 9.17) is 5.11 Å². The number of hydrogen-bond acceptors (Lipinski definition) is 2. The lowest BCUT2D eigenvalue weighted by Gasteiger charge is -2.05. The largest absolute Gasteiger partial charge is 0.465 e. The maximum absolute atomic E-state index is 12.8. The van der Waals surface area contributed by atoms with Gasteiger partial charge in [0.05, 0.1) is 6.20 Å². The second kappa shape index (κ2) is 4.25. The zero-order valence-corrected chi connectivity index (χ0v) is 9.01. The highest BCUT2D eigenvalue weighted by Crippen LogP contribution is 2.27. The van der Waals surface area contributed by atoms with Crippen molar-refractivity contribution in [2.75, 3.05) is 5.32 Å². The van der Waals surface area contributed by atoms with Crippen molar-refractivity contribution in [3.63, 3.8) is 0 Å². The summed E-state index contributed by atoms with van der Waals surface area (Å²) in [5, 5.41) is 14.9. The van der Waals surface area contributed by atoms with E-state index >= 15 is 0 Å². The Morgan fingerprint density at radius 1 is 1.41 bits per heavy atom. The van der Waals surface area contributed by atoms with Gasteiger partial charge >= 0.3 is 6.09 Å². The topological polar surface area (TPSA) is 67.2 Å². The van der Waals surface area contributed by atoms with Crippen LogP contribution in [0.15, 0.2) is 30.5 Å². The highest BCUT2D eigenvalue weighted by molar-refractivity contribution is 5.88. The molecule has 17 heavy (non-hydrogen) atoms. The van der Waals surface area contributed by atoms with E-state index in [-0.39, 0.29) is 5.82 Å². The summed E-state index contributed by atoms with van der Waals surface area (Å²) in [5.41, 5.74) is 1.30. The number of anilines is 1. The number of halogens is 1. The molecule has 2 aromatic rings. The molecule has 2 rings (SSSR count). The molecule has 0 radical (unpaired) electrons. The third-order valence-corrected chi connectivity index (χ3v) is 2.32. The molecule has 1 amide bonds. The Morgan fingerprint density at radius 3 is 2.65 bits per heavy atom. The molecule has 0 aliphatic heterocycles. The summed E-state index contributed by atoms with van der Waals surface area (Å²) in [6.07, 6.45) is 0.357. The van der Waals surface area contributed by atoms with Gasteiger partial charge < -0.3 is 5.11 Å². The second-order valence-corrected chi connectivity index (χ2v) is 3.47. The third kappa shape index (κ3) is 2.25. The van der Waals surface area contributed by atoms with Crippen LogP contribution in [0.4, 0.5) is 15.0 Å². The molecule has 6 heteroatoms. The average molecular weight is 235 g/mol. The predicted molar refractivity (Wildman–Crippen MR) is 60.2 cm³/mol. The number of nitrogens with one attached hydrogen (secondary N) is 1. The molecule has 0 atom stereocenters. The van der Waals surface area contributed by atoms with E-state index < -0.39 is 6.09 Å². The van der Waals surface area contributed by atoms with Crippen molar-refractivity contribution >= 4 is 11.9 Å². The van der Waals surface area contributed by atoms with Crippen molar-refractivity contribution in [2.24, 2.45) is 7.05 Å². The number of amides is 1. The van der Waals surface area contributed by atoms with Crippen molar-refractivity contribution in [3.8, 4) is 11.1 Å². The number of benzene rings is 1. The number of aromatic nitrogens is 2. The molecule has 0 spiro atoms. The van der Waals surface area contributed by atoms with Crippen LogP contribution in [0, 0.1) is 5.82 Å².